The lowest BCUT2D eigenvalue weighted by molar-refractivity contribution is -0.385. The van der Waals surface area contributed by atoms with Crippen molar-refractivity contribution in [3.05, 3.63) is 39.9 Å². The number of hydrazone groups is 1. The smallest absolute Gasteiger partial charge is 0.322 e. The summed E-state index contributed by atoms with van der Waals surface area (Å²) in [4.78, 5) is 34.2. The van der Waals surface area contributed by atoms with Gasteiger partial charge in [-0.2, -0.15) is 5.10 Å². The predicted molar refractivity (Wildman–Crippen MR) is 74.8 cm³/mol. The van der Waals surface area contributed by atoms with E-state index in [4.69, 9.17) is 0 Å². The van der Waals surface area contributed by atoms with Crippen molar-refractivity contribution in [2.24, 2.45) is 5.10 Å². The third-order valence-corrected chi connectivity index (χ3v) is 3.39. The molecule has 0 bridgehead atoms. The fraction of sp³-hybridized carbons (Fsp3) is 0.308. The van der Waals surface area contributed by atoms with Crippen molar-refractivity contribution in [1.82, 2.24) is 10.3 Å². The molecule has 1 N–H and O–H groups in total. The Morgan fingerprint density at radius 2 is 2.10 bits per heavy atom. The van der Waals surface area contributed by atoms with Crippen LogP contribution < -0.4 is 5.32 Å². The quantitative estimate of drug-likeness (QED) is 0.394. The zero-order valence-electron chi connectivity index (χ0n) is 11.6. The molecule has 21 heavy (non-hydrogen) atoms. The molecule has 2 rings (SSSR count). The molecule has 0 unspecified atom stereocenters. The van der Waals surface area contributed by atoms with Gasteiger partial charge in [-0.15, -0.1) is 5.01 Å². The van der Waals surface area contributed by atoms with Crippen LogP contribution in [0.1, 0.15) is 25.8 Å². The van der Waals surface area contributed by atoms with Crippen LogP contribution in [-0.2, 0) is 4.79 Å². The highest BCUT2D eigenvalue weighted by molar-refractivity contribution is 6.07. The molecule has 1 aromatic carbocycles. The summed E-state index contributed by atoms with van der Waals surface area (Å²) in [6, 6.07) is 5.30. The highest BCUT2D eigenvalue weighted by atomic mass is 16.6. The topological polar surface area (TPSA) is 105 Å². The molecule has 1 aromatic rings. The van der Waals surface area contributed by atoms with Gasteiger partial charge in [0.1, 0.15) is 5.54 Å². The van der Waals surface area contributed by atoms with Crippen LogP contribution in [0, 0.1) is 10.1 Å². The largest absolute Gasteiger partial charge is 0.346 e. The van der Waals surface area contributed by atoms with E-state index >= 15 is 0 Å². The van der Waals surface area contributed by atoms with Crippen molar-refractivity contribution >= 4 is 23.8 Å². The van der Waals surface area contributed by atoms with Gasteiger partial charge in [-0.05, 0) is 19.4 Å². The number of hydrogen-bond acceptors (Lipinski definition) is 5. The summed E-state index contributed by atoms with van der Waals surface area (Å²) in [5.74, 6) is -0.482. The van der Waals surface area contributed by atoms with Crippen LogP contribution >= 0.6 is 0 Å². The number of carbonyl (C=O) groups excluding carboxylic acids is 2. The summed E-state index contributed by atoms with van der Waals surface area (Å²) in [5.41, 5.74) is -0.920. The van der Waals surface area contributed by atoms with E-state index in [-0.39, 0.29) is 11.3 Å². The second-order valence-electron chi connectivity index (χ2n) is 4.79. The van der Waals surface area contributed by atoms with E-state index in [9.17, 15) is 19.7 Å². The Hall–Kier alpha value is -2.77. The maximum atomic E-state index is 12.1. The summed E-state index contributed by atoms with van der Waals surface area (Å²) in [7, 11) is 0. The van der Waals surface area contributed by atoms with E-state index < -0.39 is 22.4 Å². The average Bonchev–Trinajstić information content (AvgIpc) is 2.68. The van der Waals surface area contributed by atoms with Crippen LogP contribution in [0.25, 0.3) is 0 Å². The number of rotatable bonds is 4. The van der Waals surface area contributed by atoms with Crippen molar-refractivity contribution < 1.29 is 14.5 Å². The monoisotopic (exact) mass is 290 g/mol. The maximum absolute atomic E-state index is 12.1. The molecule has 8 nitrogen and oxygen atoms in total. The van der Waals surface area contributed by atoms with Crippen LogP contribution in [0.3, 0.4) is 0 Å². The molecule has 1 aliphatic rings. The molecule has 1 atom stereocenters. The molecular formula is C13H14N4O4. The van der Waals surface area contributed by atoms with Crippen LogP contribution in [-0.4, -0.2) is 33.6 Å². The van der Waals surface area contributed by atoms with E-state index in [0.717, 1.165) is 6.21 Å². The molecule has 1 saturated heterocycles. The molecule has 0 aromatic heterocycles. The van der Waals surface area contributed by atoms with E-state index in [0.29, 0.717) is 11.4 Å². The number of amides is 3. The number of carbonyl (C=O) groups is 2. The van der Waals surface area contributed by atoms with Gasteiger partial charge in [0.2, 0.25) is 0 Å². The lowest BCUT2D eigenvalue weighted by Gasteiger charge is -2.17. The van der Waals surface area contributed by atoms with Crippen molar-refractivity contribution in [3.63, 3.8) is 0 Å². The van der Waals surface area contributed by atoms with Gasteiger partial charge in [0.05, 0.1) is 16.7 Å². The van der Waals surface area contributed by atoms with Crippen molar-refractivity contribution in [2.45, 2.75) is 25.8 Å². The van der Waals surface area contributed by atoms with E-state index in [1.165, 1.54) is 18.2 Å². The third kappa shape index (κ3) is 2.60. The Morgan fingerprint density at radius 1 is 1.43 bits per heavy atom. The normalized spacial score (nSPS) is 21.9. The number of nitro groups is 1. The Balaban J connectivity index is 2.29. The van der Waals surface area contributed by atoms with Gasteiger partial charge in [-0.25, -0.2) is 4.79 Å². The lowest BCUT2D eigenvalue weighted by Crippen LogP contribution is -2.42. The van der Waals surface area contributed by atoms with Gasteiger partial charge >= 0.3 is 6.03 Å². The number of nitrogens with zero attached hydrogens (tertiary/aromatic N) is 3. The predicted octanol–water partition coefficient (Wildman–Crippen LogP) is 1.65. The van der Waals surface area contributed by atoms with Gasteiger partial charge in [0.15, 0.2) is 0 Å². The highest BCUT2D eigenvalue weighted by Crippen LogP contribution is 2.21. The second kappa shape index (κ2) is 5.31. The Labute approximate surface area is 120 Å². The van der Waals surface area contributed by atoms with Gasteiger partial charge in [0, 0.05) is 6.07 Å². The molecular weight excluding hydrogens is 276 g/mol. The summed E-state index contributed by atoms with van der Waals surface area (Å²) >= 11 is 0. The van der Waals surface area contributed by atoms with Gasteiger partial charge in [0.25, 0.3) is 11.6 Å². The van der Waals surface area contributed by atoms with Crippen LogP contribution in [0.2, 0.25) is 0 Å². The first-order valence-electron chi connectivity index (χ1n) is 6.33. The maximum Gasteiger partial charge on any atom is 0.346 e. The number of urea groups is 1. The standard InChI is InChI=1S/C13H14N4O4/c1-3-13(2)11(18)16(12(19)15-13)14-8-9-6-4-5-7-10(9)17(20)21/h4-8H,3H2,1-2H3,(H,15,19)/b14-8-/t13-/m0/s1. The highest BCUT2D eigenvalue weighted by Gasteiger charge is 2.46. The van der Waals surface area contributed by atoms with Crippen LogP contribution in [0.4, 0.5) is 10.5 Å². The van der Waals surface area contributed by atoms with E-state index in [2.05, 4.69) is 10.4 Å². The minimum Gasteiger partial charge on any atom is -0.322 e. The van der Waals surface area contributed by atoms with Crippen molar-refractivity contribution in [1.29, 1.82) is 0 Å². The van der Waals surface area contributed by atoms with E-state index in [1.54, 1.807) is 19.9 Å². The fourth-order valence-corrected chi connectivity index (χ4v) is 1.90. The summed E-state index contributed by atoms with van der Waals surface area (Å²) < 4.78 is 0. The van der Waals surface area contributed by atoms with Gasteiger partial charge in [-0.1, -0.05) is 19.1 Å². The molecule has 0 radical (unpaired) electrons. The Morgan fingerprint density at radius 3 is 2.67 bits per heavy atom. The molecule has 0 saturated carbocycles. The summed E-state index contributed by atoms with van der Waals surface area (Å²) in [6.45, 7) is 3.38. The number of nitrogens with one attached hydrogen (secondary N) is 1. The van der Waals surface area contributed by atoms with Crippen LogP contribution in [0.5, 0.6) is 0 Å². The first-order valence-corrected chi connectivity index (χ1v) is 6.33. The SMILES string of the molecule is CC[C@]1(C)NC(=O)N(/N=C\c2ccccc2[N+](=O)[O-])C1=O. The minimum absolute atomic E-state index is 0.147. The molecule has 8 heteroatoms. The van der Waals surface area contributed by atoms with Crippen molar-refractivity contribution in [2.75, 3.05) is 0 Å². The average molecular weight is 290 g/mol. The van der Waals surface area contributed by atoms with Gasteiger partial charge < -0.3 is 5.32 Å². The number of benzene rings is 1. The third-order valence-electron chi connectivity index (χ3n) is 3.39. The lowest BCUT2D eigenvalue weighted by atomic mass is 10.00. The molecule has 1 fully saturated rings. The first-order chi connectivity index (χ1) is 9.89. The molecule has 1 aliphatic heterocycles. The molecule has 0 aliphatic carbocycles. The second-order valence-corrected chi connectivity index (χ2v) is 4.79. The minimum atomic E-state index is -0.989. The van der Waals surface area contributed by atoms with E-state index in [1.807, 2.05) is 0 Å². The van der Waals surface area contributed by atoms with Crippen molar-refractivity contribution in [3.8, 4) is 0 Å². The van der Waals surface area contributed by atoms with Gasteiger partial charge in [-0.3, -0.25) is 14.9 Å². The summed E-state index contributed by atoms with van der Waals surface area (Å²) in [6.07, 6.45) is 1.56. The van der Waals surface area contributed by atoms with Crippen LogP contribution in [0.15, 0.2) is 29.4 Å². The number of para-hydroxylation sites is 1. The molecule has 110 valence electrons. The molecule has 0 spiro atoms. The number of nitro benzene ring substituents is 1. The zero-order valence-corrected chi connectivity index (χ0v) is 11.6. The Kier molecular flexibility index (Phi) is 3.70. The summed E-state index contributed by atoms with van der Waals surface area (Å²) in [5, 5.41) is 17.9. The first kappa shape index (κ1) is 14.6. The number of hydrogen-bond donors (Lipinski definition) is 1. The Bertz CT molecular complexity index is 643. The zero-order chi connectivity index (χ0) is 15.6. The molecule has 3 amide bonds. The fourth-order valence-electron chi connectivity index (χ4n) is 1.90. The number of imide groups is 1. The molecule has 1 heterocycles.